The Morgan fingerprint density at radius 1 is 1.22 bits per heavy atom. The minimum atomic E-state index is -3.19. The van der Waals surface area contributed by atoms with Gasteiger partial charge in [-0.2, -0.15) is 0 Å². The maximum atomic E-state index is 12.3. The van der Waals surface area contributed by atoms with Crippen LogP contribution in [0.2, 0.25) is 0 Å². The lowest BCUT2D eigenvalue weighted by Crippen LogP contribution is -2.24. The van der Waals surface area contributed by atoms with Crippen LogP contribution < -0.4 is 4.72 Å². The zero-order valence-electron chi connectivity index (χ0n) is 14.4. The van der Waals surface area contributed by atoms with Crippen LogP contribution in [0.4, 0.5) is 0 Å². The van der Waals surface area contributed by atoms with E-state index < -0.39 is 10.0 Å². The molecule has 0 saturated carbocycles. The van der Waals surface area contributed by atoms with Crippen LogP contribution >= 0.6 is 23.1 Å². The molecule has 0 aliphatic rings. The van der Waals surface area contributed by atoms with Gasteiger partial charge in [-0.05, 0) is 23.4 Å². The molecule has 10 heteroatoms. The molecule has 0 spiro atoms. The Morgan fingerprint density at radius 2 is 2.00 bits per heavy atom. The number of sulfonamides is 1. The number of nitrogens with one attached hydrogen (secondary N) is 1. The Kier molecular flexibility index (Phi) is 6.42. The number of thioether (sulfide) groups is 1. The van der Waals surface area contributed by atoms with Crippen molar-refractivity contribution in [2.24, 2.45) is 0 Å². The van der Waals surface area contributed by atoms with Crippen molar-refractivity contribution in [3.63, 3.8) is 0 Å². The molecule has 0 bridgehead atoms. The summed E-state index contributed by atoms with van der Waals surface area (Å²) in [5.41, 5.74) is 1.54. The molecular weight excluding hydrogens is 406 g/mol. The molecule has 0 atom stereocenters. The number of aromatic nitrogens is 2. The molecule has 0 fully saturated rings. The van der Waals surface area contributed by atoms with Crippen LogP contribution in [0.5, 0.6) is 0 Å². The van der Waals surface area contributed by atoms with E-state index in [4.69, 9.17) is 4.42 Å². The Bertz CT molecular complexity index is 996. The molecule has 27 heavy (non-hydrogen) atoms. The lowest BCUT2D eigenvalue weighted by atomic mass is 10.1. The molecular formula is C17H17N3O4S3. The monoisotopic (exact) mass is 423 g/mol. The highest BCUT2D eigenvalue weighted by Gasteiger charge is 2.13. The van der Waals surface area contributed by atoms with Crippen molar-refractivity contribution in [1.82, 2.24) is 14.9 Å². The molecule has 0 aliphatic carbocycles. The van der Waals surface area contributed by atoms with Crippen molar-refractivity contribution in [2.45, 2.75) is 11.6 Å². The number of nitrogens with zero attached hydrogens (tertiary/aromatic N) is 2. The van der Waals surface area contributed by atoms with Crippen molar-refractivity contribution >= 4 is 38.9 Å². The van der Waals surface area contributed by atoms with Crippen LogP contribution in [-0.2, 0) is 16.4 Å². The van der Waals surface area contributed by atoms with E-state index in [0.29, 0.717) is 29.6 Å². The van der Waals surface area contributed by atoms with Gasteiger partial charge >= 0.3 is 0 Å². The molecule has 0 amide bonds. The third-order valence-corrected chi connectivity index (χ3v) is 5.92. The van der Waals surface area contributed by atoms with E-state index in [1.54, 1.807) is 12.1 Å². The zero-order valence-corrected chi connectivity index (χ0v) is 16.9. The lowest BCUT2D eigenvalue weighted by molar-refractivity contribution is 0.102. The summed E-state index contributed by atoms with van der Waals surface area (Å²) in [7, 11) is -3.19. The number of carbonyl (C=O) groups is 1. The fraction of sp³-hybridized carbons (Fsp3) is 0.235. The van der Waals surface area contributed by atoms with E-state index in [-0.39, 0.29) is 11.5 Å². The molecule has 1 aromatic carbocycles. The van der Waals surface area contributed by atoms with Crippen molar-refractivity contribution in [3.8, 4) is 10.8 Å². The highest BCUT2D eigenvalue weighted by molar-refractivity contribution is 7.99. The molecule has 3 aromatic rings. The van der Waals surface area contributed by atoms with Crippen molar-refractivity contribution in [2.75, 3.05) is 18.6 Å². The third kappa shape index (κ3) is 5.99. The SMILES string of the molecule is CS(=O)(=O)NCCc1ccc(C(=O)CSc2nnc(-c3cccs3)o2)cc1. The molecule has 2 aromatic heterocycles. The first-order chi connectivity index (χ1) is 12.9. The Hall–Kier alpha value is -2.01. The van der Waals surface area contributed by atoms with E-state index in [1.807, 2.05) is 29.6 Å². The molecule has 7 nitrogen and oxygen atoms in total. The summed E-state index contributed by atoms with van der Waals surface area (Å²) in [6.45, 7) is 0.325. The second kappa shape index (κ2) is 8.79. The predicted octanol–water partition coefficient (Wildman–Crippen LogP) is 2.86. The predicted molar refractivity (Wildman–Crippen MR) is 106 cm³/mol. The first kappa shape index (κ1) is 19.7. The van der Waals surface area contributed by atoms with E-state index in [1.165, 1.54) is 23.1 Å². The fourth-order valence-corrected chi connectivity index (χ4v) is 3.99. The lowest BCUT2D eigenvalue weighted by Gasteiger charge is -2.04. The fourth-order valence-electron chi connectivity index (χ4n) is 2.22. The average Bonchev–Trinajstić information content (AvgIpc) is 3.30. The molecule has 3 rings (SSSR count). The summed E-state index contributed by atoms with van der Waals surface area (Å²) >= 11 is 2.71. The van der Waals surface area contributed by atoms with E-state index >= 15 is 0 Å². The summed E-state index contributed by atoms with van der Waals surface area (Å²) in [5.74, 6) is 0.602. The molecule has 0 radical (unpaired) electrons. The number of thiophene rings is 1. The molecule has 142 valence electrons. The second-order valence-corrected chi connectivity index (χ2v) is 9.38. The van der Waals surface area contributed by atoms with Crippen molar-refractivity contribution in [1.29, 1.82) is 0 Å². The Morgan fingerprint density at radius 3 is 2.67 bits per heavy atom. The quantitative estimate of drug-likeness (QED) is 0.417. The van der Waals surface area contributed by atoms with E-state index in [2.05, 4.69) is 14.9 Å². The maximum Gasteiger partial charge on any atom is 0.277 e. The molecule has 0 aliphatic heterocycles. The Labute approximate surface area is 165 Å². The molecule has 0 unspecified atom stereocenters. The topological polar surface area (TPSA) is 102 Å². The summed E-state index contributed by atoms with van der Waals surface area (Å²) < 4.78 is 30.1. The van der Waals surface area contributed by atoms with Gasteiger partial charge in [-0.25, -0.2) is 13.1 Å². The van der Waals surface area contributed by atoms with Crippen molar-refractivity contribution in [3.05, 3.63) is 52.9 Å². The number of hydrogen-bond acceptors (Lipinski definition) is 8. The largest absolute Gasteiger partial charge is 0.410 e. The van der Waals surface area contributed by atoms with Gasteiger partial charge in [0.05, 0.1) is 16.9 Å². The number of rotatable bonds is 9. The van der Waals surface area contributed by atoms with Crippen LogP contribution in [0.3, 0.4) is 0 Å². The normalized spacial score (nSPS) is 11.6. The first-order valence-electron chi connectivity index (χ1n) is 7.98. The third-order valence-electron chi connectivity index (χ3n) is 3.52. The standard InChI is InChI=1S/C17H17N3O4S3/c1-27(22,23)18-9-8-12-4-6-13(7-5-12)14(21)11-26-17-20-19-16(24-17)15-3-2-10-25-15/h2-7,10,18H,8-9,11H2,1H3. The number of benzene rings is 1. The van der Waals surface area contributed by atoms with Gasteiger partial charge in [0.1, 0.15) is 0 Å². The Balaban J connectivity index is 1.51. The minimum absolute atomic E-state index is 0.0447. The molecule has 1 N–H and O–H groups in total. The molecule has 2 heterocycles. The van der Waals surface area contributed by atoms with Crippen LogP contribution in [0, 0.1) is 0 Å². The van der Waals surface area contributed by atoms with Gasteiger partial charge in [0, 0.05) is 12.1 Å². The molecule has 0 saturated heterocycles. The number of hydrogen-bond donors (Lipinski definition) is 1. The van der Waals surface area contributed by atoms with Crippen LogP contribution in [0.1, 0.15) is 15.9 Å². The highest BCUT2D eigenvalue weighted by Crippen LogP contribution is 2.26. The van der Waals surface area contributed by atoms with Gasteiger partial charge in [0.2, 0.25) is 10.0 Å². The average molecular weight is 424 g/mol. The zero-order chi connectivity index (χ0) is 19.3. The number of ketones is 1. The summed E-state index contributed by atoms with van der Waals surface area (Å²) in [6, 6.07) is 10.9. The summed E-state index contributed by atoms with van der Waals surface area (Å²) in [6.07, 6.45) is 1.68. The summed E-state index contributed by atoms with van der Waals surface area (Å²) in [5, 5.41) is 10.2. The van der Waals surface area contributed by atoms with E-state index in [0.717, 1.165) is 16.7 Å². The van der Waals surface area contributed by atoms with Gasteiger partial charge in [-0.15, -0.1) is 21.5 Å². The van der Waals surface area contributed by atoms with E-state index in [9.17, 15) is 13.2 Å². The van der Waals surface area contributed by atoms with Gasteiger partial charge in [0.25, 0.3) is 11.1 Å². The van der Waals surface area contributed by atoms with Gasteiger partial charge in [0.15, 0.2) is 5.78 Å². The number of carbonyl (C=O) groups excluding carboxylic acids is 1. The number of Topliss-reactive ketones (excluding diaryl/α,β-unsaturated/α-hetero) is 1. The maximum absolute atomic E-state index is 12.3. The van der Waals surface area contributed by atoms with Gasteiger partial charge in [-0.3, -0.25) is 4.79 Å². The smallest absolute Gasteiger partial charge is 0.277 e. The van der Waals surface area contributed by atoms with Crippen LogP contribution in [0.15, 0.2) is 51.4 Å². The summed E-state index contributed by atoms with van der Waals surface area (Å²) in [4.78, 5) is 13.2. The van der Waals surface area contributed by atoms with Gasteiger partial charge in [-0.1, -0.05) is 42.1 Å². The van der Waals surface area contributed by atoms with Crippen molar-refractivity contribution < 1.29 is 17.6 Å². The highest BCUT2D eigenvalue weighted by atomic mass is 32.2. The van der Waals surface area contributed by atoms with Gasteiger partial charge < -0.3 is 4.42 Å². The van der Waals surface area contributed by atoms with Crippen LogP contribution in [-0.4, -0.2) is 43.0 Å². The van der Waals surface area contributed by atoms with Crippen LogP contribution in [0.25, 0.3) is 10.8 Å². The minimum Gasteiger partial charge on any atom is -0.410 e. The first-order valence-corrected chi connectivity index (χ1v) is 11.7. The second-order valence-electron chi connectivity index (χ2n) is 5.68.